The maximum atomic E-state index is 6.03. The minimum absolute atomic E-state index is 0.0400. The lowest BCUT2D eigenvalue weighted by atomic mass is 10.0. The number of benzene rings is 1. The van der Waals surface area contributed by atoms with Gasteiger partial charge in [-0.3, -0.25) is 0 Å². The molecule has 0 saturated carbocycles. The predicted octanol–water partition coefficient (Wildman–Crippen LogP) is 2.08. The Morgan fingerprint density at radius 3 is 2.81 bits per heavy atom. The van der Waals surface area contributed by atoms with Crippen LogP contribution in [0.1, 0.15) is 6.42 Å². The second kappa shape index (κ2) is 5.53. The number of hydrogen-bond acceptors (Lipinski definition) is 3. The fraction of sp³-hybridized carbons (Fsp3) is 0.500. The molecule has 0 spiro atoms. The quantitative estimate of drug-likeness (QED) is 0.878. The van der Waals surface area contributed by atoms with Crippen LogP contribution in [0, 0.1) is 5.92 Å². The number of halogens is 1. The lowest BCUT2D eigenvalue weighted by Gasteiger charge is -2.18. The van der Waals surface area contributed by atoms with Crippen molar-refractivity contribution in [2.45, 2.75) is 12.5 Å². The number of rotatable bonds is 4. The molecule has 1 heterocycles. The summed E-state index contributed by atoms with van der Waals surface area (Å²) in [6.45, 7) is 2.10. The Labute approximate surface area is 100 Å². The van der Waals surface area contributed by atoms with Crippen LogP contribution in [0.3, 0.4) is 0 Å². The third kappa shape index (κ3) is 3.11. The van der Waals surface area contributed by atoms with Gasteiger partial charge in [-0.2, -0.15) is 0 Å². The molecule has 2 N–H and O–H groups in total. The van der Waals surface area contributed by atoms with Gasteiger partial charge in [-0.1, -0.05) is 11.6 Å². The van der Waals surface area contributed by atoms with Crippen LogP contribution >= 0.6 is 11.6 Å². The standard InChI is InChI=1S/C12H16ClNO2/c13-10-1-3-11(4-2-10)16-8-12(14)9-5-6-15-7-9/h1-4,9,12H,5-8,14H2. The SMILES string of the molecule is NC(COc1ccc(Cl)cc1)C1CCOC1. The van der Waals surface area contributed by atoms with E-state index in [4.69, 9.17) is 26.8 Å². The van der Waals surface area contributed by atoms with E-state index in [2.05, 4.69) is 0 Å². The maximum absolute atomic E-state index is 6.03. The van der Waals surface area contributed by atoms with Crippen LogP contribution in [0.5, 0.6) is 5.75 Å². The van der Waals surface area contributed by atoms with Gasteiger partial charge in [0.2, 0.25) is 0 Å². The van der Waals surface area contributed by atoms with Crippen LogP contribution in [-0.4, -0.2) is 25.9 Å². The number of hydrogen-bond donors (Lipinski definition) is 1. The number of ether oxygens (including phenoxy) is 2. The Kier molecular flexibility index (Phi) is 4.04. The highest BCUT2D eigenvalue weighted by molar-refractivity contribution is 6.30. The van der Waals surface area contributed by atoms with E-state index in [1.54, 1.807) is 12.1 Å². The first kappa shape index (κ1) is 11.7. The summed E-state index contributed by atoms with van der Waals surface area (Å²) in [5, 5.41) is 0.709. The molecule has 0 radical (unpaired) electrons. The van der Waals surface area contributed by atoms with Crippen molar-refractivity contribution in [2.75, 3.05) is 19.8 Å². The molecule has 16 heavy (non-hydrogen) atoms. The van der Waals surface area contributed by atoms with Gasteiger partial charge in [0, 0.05) is 23.6 Å². The van der Waals surface area contributed by atoms with Crippen molar-refractivity contribution in [1.29, 1.82) is 0 Å². The van der Waals surface area contributed by atoms with Gasteiger partial charge >= 0.3 is 0 Å². The first-order valence-electron chi connectivity index (χ1n) is 5.47. The highest BCUT2D eigenvalue weighted by Crippen LogP contribution is 2.18. The molecule has 0 aromatic heterocycles. The van der Waals surface area contributed by atoms with Gasteiger partial charge in [0.25, 0.3) is 0 Å². The van der Waals surface area contributed by atoms with E-state index in [0.717, 1.165) is 25.4 Å². The molecule has 0 aliphatic carbocycles. The van der Waals surface area contributed by atoms with Crippen molar-refractivity contribution in [3.05, 3.63) is 29.3 Å². The van der Waals surface area contributed by atoms with Crippen molar-refractivity contribution in [3.8, 4) is 5.75 Å². The highest BCUT2D eigenvalue weighted by Gasteiger charge is 2.23. The summed E-state index contributed by atoms with van der Waals surface area (Å²) in [5.74, 6) is 1.23. The Hall–Kier alpha value is -0.770. The zero-order valence-electron chi connectivity index (χ0n) is 9.06. The van der Waals surface area contributed by atoms with Crippen molar-refractivity contribution in [3.63, 3.8) is 0 Å². The smallest absolute Gasteiger partial charge is 0.119 e. The first-order chi connectivity index (χ1) is 7.75. The van der Waals surface area contributed by atoms with Crippen LogP contribution in [0.4, 0.5) is 0 Å². The topological polar surface area (TPSA) is 44.5 Å². The van der Waals surface area contributed by atoms with Crippen molar-refractivity contribution in [1.82, 2.24) is 0 Å². The molecule has 2 atom stereocenters. The van der Waals surface area contributed by atoms with Gasteiger partial charge in [0.05, 0.1) is 6.61 Å². The molecular weight excluding hydrogens is 226 g/mol. The summed E-state index contributed by atoms with van der Waals surface area (Å²) < 4.78 is 10.9. The molecule has 1 saturated heterocycles. The zero-order valence-corrected chi connectivity index (χ0v) is 9.82. The average molecular weight is 242 g/mol. The van der Waals surface area contributed by atoms with E-state index in [9.17, 15) is 0 Å². The molecule has 1 fully saturated rings. The van der Waals surface area contributed by atoms with E-state index >= 15 is 0 Å². The fourth-order valence-corrected chi connectivity index (χ4v) is 1.88. The van der Waals surface area contributed by atoms with Gasteiger partial charge < -0.3 is 15.2 Å². The molecule has 0 bridgehead atoms. The molecule has 2 rings (SSSR count). The summed E-state index contributed by atoms with van der Waals surface area (Å²) in [7, 11) is 0. The molecule has 3 nitrogen and oxygen atoms in total. The Morgan fingerprint density at radius 2 is 2.19 bits per heavy atom. The molecule has 1 aliphatic rings. The van der Waals surface area contributed by atoms with Gasteiger partial charge in [0.1, 0.15) is 12.4 Å². The van der Waals surface area contributed by atoms with Crippen LogP contribution in [-0.2, 0) is 4.74 Å². The minimum atomic E-state index is 0.0400. The second-order valence-corrected chi connectivity index (χ2v) is 4.49. The third-order valence-electron chi connectivity index (χ3n) is 2.83. The van der Waals surface area contributed by atoms with Crippen LogP contribution < -0.4 is 10.5 Å². The molecule has 2 unspecified atom stereocenters. The van der Waals surface area contributed by atoms with Crippen LogP contribution in [0.2, 0.25) is 5.02 Å². The van der Waals surface area contributed by atoms with Crippen LogP contribution in [0.15, 0.2) is 24.3 Å². The summed E-state index contributed by atoms with van der Waals surface area (Å²) in [6, 6.07) is 7.35. The lowest BCUT2D eigenvalue weighted by Crippen LogP contribution is -2.36. The van der Waals surface area contributed by atoms with E-state index in [0.29, 0.717) is 17.5 Å². The molecular formula is C12H16ClNO2. The largest absolute Gasteiger partial charge is 0.492 e. The maximum Gasteiger partial charge on any atom is 0.119 e. The van der Waals surface area contributed by atoms with Crippen molar-refractivity contribution in [2.24, 2.45) is 11.7 Å². The first-order valence-corrected chi connectivity index (χ1v) is 5.85. The molecule has 4 heteroatoms. The summed E-state index contributed by atoms with van der Waals surface area (Å²) in [4.78, 5) is 0. The minimum Gasteiger partial charge on any atom is -0.492 e. The Balaban J connectivity index is 1.80. The van der Waals surface area contributed by atoms with Crippen molar-refractivity contribution < 1.29 is 9.47 Å². The van der Waals surface area contributed by atoms with Gasteiger partial charge in [-0.15, -0.1) is 0 Å². The Bertz CT molecular complexity index is 322. The molecule has 1 aliphatic heterocycles. The average Bonchev–Trinajstić information content (AvgIpc) is 2.81. The van der Waals surface area contributed by atoms with Gasteiger partial charge in [-0.25, -0.2) is 0 Å². The molecule has 1 aromatic rings. The second-order valence-electron chi connectivity index (χ2n) is 4.05. The van der Waals surface area contributed by atoms with Gasteiger partial charge in [-0.05, 0) is 30.7 Å². The van der Waals surface area contributed by atoms with E-state index < -0.39 is 0 Å². The zero-order chi connectivity index (χ0) is 11.4. The van der Waals surface area contributed by atoms with E-state index in [1.165, 1.54) is 0 Å². The fourth-order valence-electron chi connectivity index (χ4n) is 1.75. The lowest BCUT2D eigenvalue weighted by molar-refractivity contribution is 0.170. The normalized spacial score (nSPS) is 22.0. The Morgan fingerprint density at radius 1 is 1.44 bits per heavy atom. The van der Waals surface area contributed by atoms with Crippen molar-refractivity contribution >= 4 is 11.6 Å². The van der Waals surface area contributed by atoms with E-state index in [1.807, 2.05) is 12.1 Å². The van der Waals surface area contributed by atoms with Crippen LogP contribution in [0.25, 0.3) is 0 Å². The third-order valence-corrected chi connectivity index (χ3v) is 3.08. The molecule has 1 aromatic carbocycles. The predicted molar refractivity (Wildman–Crippen MR) is 63.8 cm³/mol. The number of nitrogens with two attached hydrogens (primary N) is 1. The summed E-state index contributed by atoms with van der Waals surface area (Å²) >= 11 is 5.78. The highest BCUT2D eigenvalue weighted by atomic mass is 35.5. The summed E-state index contributed by atoms with van der Waals surface area (Å²) in [6.07, 6.45) is 1.03. The monoisotopic (exact) mass is 241 g/mol. The van der Waals surface area contributed by atoms with Gasteiger partial charge in [0.15, 0.2) is 0 Å². The molecule has 0 amide bonds. The van der Waals surface area contributed by atoms with E-state index in [-0.39, 0.29) is 6.04 Å². The summed E-state index contributed by atoms with van der Waals surface area (Å²) in [5.41, 5.74) is 6.03. The molecule has 88 valence electrons.